The Labute approximate surface area is 90.3 Å². The SMILES string of the molecule is CC(C)c1ccc([N+](=O)[O-])cc1C(C)C. The Morgan fingerprint density at radius 2 is 1.60 bits per heavy atom. The predicted molar refractivity (Wildman–Crippen MR) is 61.3 cm³/mol. The molecule has 0 aliphatic carbocycles. The van der Waals surface area contributed by atoms with Crippen LogP contribution >= 0.6 is 0 Å². The molecule has 3 heteroatoms. The van der Waals surface area contributed by atoms with Crippen molar-refractivity contribution in [3.8, 4) is 0 Å². The largest absolute Gasteiger partial charge is 0.269 e. The molecule has 0 aliphatic rings. The minimum Gasteiger partial charge on any atom is -0.258 e. The fraction of sp³-hybridized carbons (Fsp3) is 0.500. The smallest absolute Gasteiger partial charge is 0.258 e. The van der Waals surface area contributed by atoms with Crippen LogP contribution in [-0.2, 0) is 0 Å². The lowest BCUT2D eigenvalue weighted by molar-refractivity contribution is -0.384. The molecule has 1 rings (SSSR count). The van der Waals surface area contributed by atoms with Crippen LogP contribution in [0.4, 0.5) is 5.69 Å². The zero-order chi connectivity index (χ0) is 11.6. The molecule has 3 nitrogen and oxygen atoms in total. The molecule has 0 saturated carbocycles. The topological polar surface area (TPSA) is 43.1 Å². The predicted octanol–water partition coefficient (Wildman–Crippen LogP) is 3.84. The van der Waals surface area contributed by atoms with E-state index >= 15 is 0 Å². The van der Waals surface area contributed by atoms with Crippen LogP contribution < -0.4 is 0 Å². The van der Waals surface area contributed by atoms with Crippen LogP contribution in [0, 0.1) is 10.1 Å². The van der Waals surface area contributed by atoms with Gasteiger partial charge in [-0.15, -0.1) is 0 Å². The van der Waals surface area contributed by atoms with Crippen LogP contribution in [0.5, 0.6) is 0 Å². The Hall–Kier alpha value is -1.38. The van der Waals surface area contributed by atoms with Crippen LogP contribution in [0.15, 0.2) is 18.2 Å². The highest BCUT2D eigenvalue weighted by Gasteiger charge is 2.14. The first-order valence-corrected chi connectivity index (χ1v) is 5.21. The fourth-order valence-corrected chi connectivity index (χ4v) is 1.70. The number of benzene rings is 1. The van der Waals surface area contributed by atoms with Crippen molar-refractivity contribution in [2.75, 3.05) is 0 Å². The monoisotopic (exact) mass is 207 g/mol. The summed E-state index contributed by atoms with van der Waals surface area (Å²) in [7, 11) is 0. The van der Waals surface area contributed by atoms with Gasteiger partial charge in [0.25, 0.3) is 5.69 Å². The second-order valence-corrected chi connectivity index (χ2v) is 4.38. The third kappa shape index (κ3) is 2.55. The molecule has 82 valence electrons. The van der Waals surface area contributed by atoms with Crippen molar-refractivity contribution in [3.63, 3.8) is 0 Å². The van der Waals surface area contributed by atoms with Gasteiger partial charge in [-0.1, -0.05) is 33.8 Å². The van der Waals surface area contributed by atoms with Crippen molar-refractivity contribution >= 4 is 5.69 Å². The number of hydrogen-bond acceptors (Lipinski definition) is 2. The van der Waals surface area contributed by atoms with Crippen LogP contribution in [0.3, 0.4) is 0 Å². The Bertz CT molecular complexity index is 370. The fourth-order valence-electron chi connectivity index (χ4n) is 1.70. The van der Waals surface area contributed by atoms with E-state index in [1.54, 1.807) is 12.1 Å². The van der Waals surface area contributed by atoms with Crippen LogP contribution in [0.2, 0.25) is 0 Å². The van der Waals surface area contributed by atoms with E-state index in [4.69, 9.17) is 0 Å². The highest BCUT2D eigenvalue weighted by Crippen LogP contribution is 2.29. The summed E-state index contributed by atoms with van der Waals surface area (Å²) in [5.41, 5.74) is 2.47. The van der Waals surface area contributed by atoms with E-state index in [0.717, 1.165) is 5.56 Å². The molecular weight excluding hydrogens is 190 g/mol. The molecule has 0 N–H and O–H groups in total. The summed E-state index contributed by atoms with van der Waals surface area (Å²) in [6.45, 7) is 8.33. The minimum absolute atomic E-state index is 0.183. The molecule has 1 aromatic rings. The van der Waals surface area contributed by atoms with Gasteiger partial charge in [0.1, 0.15) is 0 Å². The normalized spacial score (nSPS) is 11.1. The number of rotatable bonds is 3. The van der Waals surface area contributed by atoms with Crippen LogP contribution in [0.1, 0.15) is 50.7 Å². The lowest BCUT2D eigenvalue weighted by Gasteiger charge is -2.15. The van der Waals surface area contributed by atoms with Crippen molar-refractivity contribution in [2.45, 2.75) is 39.5 Å². The van der Waals surface area contributed by atoms with E-state index in [1.165, 1.54) is 5.56 Å². The molecule has 0 atom stereocenters. The van der Waals surface area contributed by atoms with E-state index in [-0.39, 0.29) is 10.6 Å². The summed E-state index contributed by atoms with van der Waals surface area (Å²) in [5, 5.41) is 10.7. The Morgan fingerprint density at radius 1 is 1.07 bits per heavy atom. The first-order valence-electron chi connectivity index (χ1n) is 5.21. The molecular formula is C12H17NO2. The van der Waals surface area contributed by atoms with Gasteiger partial charge >= 0.3 is 0 Å². The molecule has 0 radical (unpaired) electrons. The second kappa shape index (κ2) is 4.43. The van der Waals surface area contributed by atoms with E-state index in [0.29, 0.717) is 11.8 Å². The molecule has 0 unspecified atom stereocenters. The molecule has 0 amide bonds. The van der Waals surface area contributed by atoms with Gasteiger partial charge in [0.15, 0.2) is 0 Å². The van der Waals surface area contributed by atoms with Gasteiger partial charge in [-0.2, -0.15) is 0 Å². The standard InChI is InChI=1S/C12H17NO2/c1-8(2)11-6-5-10(13(14)15)7-12(11)9(3)4/h5-9H,1-4H3. The van der Waals surface area contributed by atoms with Crippen LogP contribution in [0.25, 0.3) is 0 Å². The average molecular weight is 207 g/mol. The summed E-state index contributed by atoms with van der Waals surface area (Å²) >= 11 is 0. The van der Waals surface area contributed by atoms with Crippen LogP contribution in [-0.4, -0.2) is 4.92 Å². The second-order valence-electron chi connectivity index (χ2n) is 4.38. The Kier molecular flexibility index (Phi) is 3.45. The number of non-ortho nitro benzene ring substituents is 1. The molecule has 0 heterocycles. The minimum atomic E-state index is -0.337. The van der Waals surface area contributed by atoms with E-state index in [1.807, 2.05) is 6.07 Å². The number of nitro groups is 1. The number of nitro benzene ring substituents is 1. The molecule has 0 aromatic heterocycles. The van der Waals surface area contributed by atoms with Gasteiger partial charge in [-0.25, -0.2) is 0 Å². The first kappa shape index (κ1) is 11.7. The maximum absolute atomic E-state index is 10.7. The average Bonchev–Trinajstić information content (AvgIpc) is 2.16. The summed E-state index contributed by atoms with van der Waals surface area (Å²) in [4.78, 5) is 10.3. The summed E-state index contributed by atoms with van der Waals surface area (Å²) in [6, 6.07) is 5.15. The van der Waals surface area contributed by atoms with Gasteiger partial charge < -0.3 is 0 Å². The Morgan fingerprint density at radius 3 is 2.00 bits per heavy atom. The van der Waals surface area contributed by atoms with Crippen molar-refractivity contribution in [1.29, 1.82) is 0 Å². The maximum Gasteiger partial charge on any atom is 0.269 e. The lowest BCUT2D eigenvalue weighted by atomic mass is 9.90. The van der Waals surface area contributed by atoms with E-state index in [9.17, 15) is 10.1 Å². The Balaban J connectivity index is 3.27. The first-order chi connectivity index (χ1) is 6.93. The molecule has 0 fully saturated rings. The van der Waals surface area contributed by atoms with Crippen molar-refractivity contribution in [1.82, 2.24) is 0 Å². The third-order valence-electron chi connectivity index (χ3n) is 2.53. The highest BCUT2D eigenvalue weighted by molar-refractivity contribution is 5.42. The van der Waals surface area contributed by atoms with Crippen molar-refractivity contribution < 1.29 is 4.92 Å². The molecule has 0 spiro atoms. The summed E-state index contributed by atoms with van der Waals surface area (Å²) in [5.74, 6) is 0.727. The molecule has 0 bridgehead atoms. The van der Waals surface area contributed by atoms with E-state index in [2.05, 4.69) is 27.7 Å². The van der Waals surface area contributed by atoms with Gasteiger partial charge in [0.05, 0.1) is 4.92 Å². The van der Waals surface area contributed by atoms with Crippen molar-refractivity contribution in [3.05, 3.63) is 39.4 Å². The molecule has 15 heavy (non-hydrogen) atoms. The zero-order valence-corrected chi connectivity index (χ0v) is 9.65. The highest BCUT2D eigenvalue weighted by atomic mass is 16.6. The van der Waals surface area contributed by atoms with Gasteiger partial charge in [-0.3, -0.25) is 10.1 Å². The number of hydrogen-bond donors (Lipinski definition) is 0. The van der Waals surface area contributed by atoms with Gasteiger partial charge in [0.2, 0.25) is 0 Å². The van der Waals surface area contributed by atoms with E-state index < -0.39 is 0 Å². The quantitative estimate of drug-likeness (QED) is 0.558. The molecule has 0 saturated heterocycles. The van der Waals surface area contributed by atoms with Crippen molar-refractivity contribution in [2.24, 2.45) is 0 Å². The number of nitrogens with zero attached hydrogens (tertiary/aromatic N) is 1. The zero-order valence-electron chi connectivity index (χ0n) is 9.65. The van der Waals surface area contributed by atoms with Gasteiger partial charge in [-0.05, 0) is 23.0 Å². The third-order valence-corrected chi connectivity index (χ3v) is 2.53. The summed E-state index contributed by atoms with van der Waals surface area (Å²) in [6.07, 6.45) is 0. The maximum atomic E-state index is 10.7. The lowest BCUT2D eigenvalue weighted by Crippen LogP contribution is -2.00. The molecule has 0 aliphatic heterocycles. The van der Waals surface area contributed by atoms with Gasteiger partial charge in [0, 0.05) is 12.1 Å². The summed E-state index contributed by atoms with van der Waals surface area (Å²) < 4.78 is 0. The molecule has 1 aromatic carbocycles.